The third-order valence-electron chi connectivity index (χ3n) is 7.59. The summed E-state index contributed by atoms with van der Waals surface area (Å²) in [7, 11) is 0. The number of aromatic nitrogens is 5. The zero-order valence-corrected chi connectivity index (χ0v) is 24.7. The van der Waals surface area contributed by atoms with E-state index in [4.69, 9.17) is 31.9 Å². The van der Waals surface area contributed by atoms with Gasteiger partial charge in [-0.15, -0.1) is 11.3 Å². The number of nitrogens with zero attached hydrogens (tertiary/aromatic N) is 5. The summed E-state index contributed by atoms with van der Waals surface area (Å²) in [5.41, 5.74) is 8.32. The molecule has 1 fully saturated rings. The van der Waals surface area contributed by atoms with E-state index in [0.717, 1.165) is 11.1 Å². The molecular formula is C29H25ClN6O8S. The highest BCUT2D eigenvalue weighted by molar-refractivity contribution is 7.07. The Morgan fingerprint density at radius 2 is 1.71 bits per heavy atom. The number of nitrogens with two attached hydrogens (primary N) is 1. The van der Waals surface area contributed by atoms with E-state index in [1.165, 1.54) is 39.9 Å². The van der Waals surface area contributed by atoms with Crippen LogP contribution >= 0.6 is 22.9 Å². The van der Waals surface area contributed by atoms with E-state index in [-0.39, 0.29) is 39.9 Å². The number of aliphatic carboxylic acids is 1. The fourth-order valence-electron chi connectivity index (χ4n) is 5.20. The van der Waals surface area contributed by atoms with Crippen molar-refractivity contribution in [1.82, 2.24) is 24.5 Å². The second kappa shape index (κ2) is 12.1. The molecule has 0 saturated carbocycles. The number of anilines is 1. The van der Waals surface area contributed by atoms with Crippen LogP contribution in [0, 0.1) is 0 Å². The molecule has 16 heteroatoms. The number of imidazole rings is 1. The number of fused-ring (bicyclic) bond motifs is 1. The van der Waals surface area contributed by atoms with Gasteiger partial charge in [-0.1, -0.05) is 36.4 Å². The second-order valence-electron chi connectivity index (χ2n) is 10.3. The highest BCUT2D eigenvalue weighted by Gasteiger charge is 2.49. The molecule has 1 aliphatic heterocycles. The van der Waals surface area contributed by atoms with Gasteiger partial charge in [-0.2, -0.15) is 9.97 Å². The molecule has 3 aromatic heterocycles. The van der Waals surface area contributed by atoms with Crippen LogP contribution in [0.25, 0.3) is 22.3 Å². The number of carbonyl (C=O) groups is 2. The first-order valence-electron chi connectivity index (χ1n) is 13.4. The molecule has 0 bridgehead atoms. The van der Waals surface area contributed by atoms with E-state index in [1.807, 2.05) is 0 Å². The number of carboxylic acids is 2. The van der Waals surface area contributed by atoms with Crippen molar-refractivity contribution < 1.29 is 39.5 Å². The summed E-state index contributed by atoms with van der Waals surface area (Å²) in [6.45, 7) is -0.420. The molecule has 4 heterocycles. The number of hydrogen-bond donors (Lipinski definition) is 5. The van der Waals surface area contributed by atoms with Crippen LogP contribution in [0.5, 0.6) is 0 Å². The lowest BCUT2D eigenvalue weighted by Crippen LogP contribution is -2.44. The number of benzene rings is 2. The highest BCUT2D eigenvalue weighted by atomic mass is 35.5. The molecule has 6 rings (SSSR count). The van der Waals surface area contributed by atoms with Crippen LogP contribution in [-0.4, -0.2) is 81.8 Å². The number of hydrogen-bond acceptors (Lipinski definition) is 12. The minimum absolute atomic E-state index is 0.0234. The van der Waals surface area contributed by atoms with E-state index in [9.17, 15) is 24.9 Å². The first kappa shape index (κ1) is 30.5. The number of rotatable bonds is 10. The Kier molecular flexibility index (Phi) is 8.22. The Labute approximate surface area is 263 Å². The van der Waals surface area contributed by atoms with Gasteiger partial charge in [-0.3, -0.25) is 4.57 Å². The van der Waals surface area contributed by atoms with Crippen molar-refractivity contribution in [2.24, 2.45) is 0 Å². The van der Waals surface area contributed by atoms with Gasteiger partial charge in [0.25, 0.3) is 0 Å². The Bertz CT molecular complexity index is 1850. The van der Waals surface area contributed by atoms with Gasteiger partial charge in [-0.05, 0) is 40.4 Å². The monoisotopic (exact) mass is 652 g/mol. The van der Waals surface area contributed by atoms with Gasteiger partial charge in [-0.25, -0.2) is 19.6 Å². The number of aliphatic hydroxyl groups excluding tert-OH is 2. The molecule has 0 radical (unpaired) electrons. The maximum absolute atomic E-state index is 12.9. The molecule has 0 aliphatic carbocycles. The minimum Gasteiger partial charge on any atom is -0.479 e. The molecule has 5 aromatic rings. The standard InChI is InChI=1S/C29H25ClN6O8S/c30-28-34-23(31)20-24(35-28)36(12-32-20)25-22(38)21(37)18(44-25)10-43-29(27(41)42,19-11-45-13-33-19)9-14-1-3-15(4-2-14)16-5-7-17(8-6-16)26(39)40/h1-8,11-13,18,21-22,25,37-38H,9-10H2,(H,39,40)(H,41,42)(H2,31,34,35)/t18-,21-,22-,25-,29?/m1/s1. The van der Waals surface area contributed by atoms with E-state index in [2.05, 4.69) is 19.9 Å². The second-order valence-corrected chi connectivity index (χ2v) is 11.4. The molecule has 6 N–H and O–H groups in total. The zero-order chi connectivity index (χ0) is 31.9. The zero-order valence-electron chi connectivity index (χ0n) is 23.1. The van der Waals surface area contributed by atoms with Gasteiger partial charge >= 0.3 is 11.9 Å². The molecule has 1 unspecified atom stereocenters. The molecule has 232 valence electrons. The Balaban J connectivity index is 1.24. The van der Waals surface area contributed by atoms with Gasteiger partial charge in [0.15, 0.2) is 17.7 Å². The molecule has 0 amide bonds. The number of carboxylic acid groups (broad SMARTS) is 2. The Morgan fingerprint density at radius 3 is 2.33 bits per heavy atom. The van der Waals surface area contributed by atoms with Crippen LogP contribution in [0.4, 0.5) is 5.82 Å². The topological polar surface area (TPSA) is 216 Å². The van der Waals surface area contributed by atoms with Crippen LogP contribution in [0.3, 0.4) is 0 Å². The van der Waals surface area contributed by atoms with Crippen LogP contribution in [-0.2, 0) is 26.3 Å². The predicted molar refractivity (Wildman–Crippen MR) is 161 cm³/mol. The Morgan fingerprint density at radius 1 is 1.02 bits per heavy atom. The predicted octanol–water partition coefficient (Wildman–Crippen LogP) is 2.74. The molecule has 14 nitrogen and oxygen atoms in total. The maximum atomic E-state index is 12.9. The van der Waals surface area contributed by atoms with Crippen molar-refractivity contribution in [1.29, 1.82) is 0 Å². The first-order chi connectivity index (χ1) is 21.6. The molecule has 1 aliphatic rings. The molecule has 2 aromatic carbocycles. The van der Waals surface area contributed by atoms with Crippen molar-refractivity contribution in [3.63, 3.8) is 0 Å². The fraction of sp³-hybridized carbons (Fsp3) is 0.241. The maximum Gasteiger partial charge on any atom is 0.342 e. The van der Waals surface area contributed by atoms with E-state index in [1.54, 1.807) is 41.8 Å². The summed E-state index contributed by atoms with van der Waals surface area (Å²) in [5.74, 6) is -2.31. The van der Waals surface area contributed by atoms with Crippen LogP contribution in [0.15, 0.2) is 65.7 Å². The highest BCUT2D eigenvalue weighted by Crippen LogP contribution is 2.36. The number of ether oxygens (including phenoxy) is 2. The third-order valence-corrected chi connectivity index (χ3v) is 8.35. The number of aromatic carboxylic acids is 1. The molecule has 5 atom stereocenters. The fourth-order valence-corrected chi connectivity index (χ4v) is 5.99. The van der Waals surface area contributed by atoms with Crippen molar-refractivity contribution in [3.8, 4) is 11.1 Å². The number of nitrogen functional groups attached to an aromatic ring is 1. The van der Waals surface area contributed by atoms with Crippen LogP contribution in [0.2, 0.25) is 5.28 Å². The summed E-state index contributed by atoms with van der Waals surface area (Å²) < 4.78 is 13.4. The van der Waals surface area contributed by atoms with E-state index in [0.29, 0.717) is 5.56 Å². The number of halogens is 1. The van der Waals surface area contributed by atoms with E-state index >= 15 is 0 Å². The molecular weight excluding hydrogens is 628 g/mol. The van der Waals surface area contributed by atoms with Crippen molar-refractivity contribution in [3.05, 3.63) is 87.9 Å². The summed E-state index contributed by atoms with van der Waals surface area (Å²) in [6, 6.07) is 13.5. The van der Waals surface area contributed by atoms with Crippen molar-refractivity contribution in [2.75, 3.05) is 12.3 Å². The number of aliphatic hydroxyl groups is 2. The van der Waals surface area contributed by atoms with Crippen molar-refractivity contribution in [2.45, 2.75) is 36.6 Å². The number of thiazole rings is 1. The SMILES string of the molecule is Nc1nc(Cl)nc2c1ncn2[C@@H]1O[C@H](COC(Cc2ccc(-c3ccc(C(=O)O)cc3)cc2)(C(=O)O)c2cscn2)[C@@H](O)[C@H]1O. The summed E-state index contributed by atoms with van der Waals surface area (Å²) >= 11 is 7.16. The van der Waals surface area contributed by atoms with Crippen LogP contribution in [0.1, 0.15) is 27.8 Å². The summed E-state index contributed by atoms with van der Waals surface area (Å²) in [5, 5.41) is 42.8. The molecule has 45 heavy (non-hydrogen) atoms. The quantitative estimate of drug-likeness (QED) is 0.137. The smallest absolute Gasteiger partial charge is 0.342 e. The molecule has 0 spiro atoms. The van der Waals surface area contributed by atoms with E-state index < -0.39 is 48.7 Å². The average Bonchev–Trinajstić information content (AvgIpc) is 3.77. The lowest BCUT2D eigenvalue weighted by molar-refractivity contribution is -0.177. The van der Waals surface area contributed by atoms with Gasteiger partial charge in [0.05, 0.1) is 29.7 Å². The summed E-state index contributed by atoms with van der Waals surface area (Å²) in [4.78, 5) is 40.4. The lowest BCUT2D eigenvalue weighted by atomic mass is 9.90. The average molecular weight is 653 g/mol. The first-order valence-corrected chi connectivity index (χ1v) is 14.8. The molecule has 1 saturated heterocycles. The largest absolute Gasteiger partial charge is 0.479 e. The van der Waals surface area contributed by atoms with Gasteiger partial charge in [0, 0.05) is 11.8 Å². The lowest BCUT2D eigenvalue weighted by Gasteiger charge is -2.30. The Hall–Kier alpha value is -4.51. The van der Waals surface area contributed by atoms with Gasteiger partial charge < -0.3 is 35.6 Å². The van der Waals surface area contributed by atoms with Crippen LogP contribution < -0.4 is 5.73 Å². The van der Waals surface area contributed by atoms with Gasteiger partial charge in [0.2, 0.25) is 10.9 Å². The normalized spacial score (nSPS) is 21.1. The minimum atomic E-state index is -1.96. The van der Waals surface area contributed by atoms with Gasteiger partial charge in [0.1, 0.15) is 23.8 Å². The van der Waals surface area contributed by atoms with Crippen molar-refractivity contribution >= 4 is 51.9 Å². The summed E-state index contributed by atoms with van der Waals surface area (Å²) in [6.07, 6.45) is -4.04. The third kappa shape index (κ3) is 5.72.